The lowest BCUT2D eigenvalue weighted by molar-refractivity contribution is -0.141. The minimum atomic E-state index is -4.53. The van der Waals surface area contributed by atoms with Gasteiger partial charge in [0.25, 0.3) is 0 Å². The zero-order valence-electron chi connectivity index (χ0n) is 11.2. The van der Waals surface area contributed by atoms with E-state index in [2.05, 4.69) is 21.9 Å². The number of nitrogens with zero attached hydrogens (tertiary/aromatic N) is 3. The van der Waals surface area contributed by atoms with Crippen LogP contribution in [-0.2, 0) is 11.0 Å². The highest BCUT2D eigenvalue weighted by atomic mass is 19.4. The van der Waals surface area contributed by atoms with E-state index < -0.39 is 17.9 Å². The van der Waals surface area contributed by atoms with Crippen molar-refractivity contribution in [2.45, 2.75) is 25.1 Å². The maximum absolute atomic E-state index is 12.7. The number of carbonyl (C=O) groups is 1. The van der Waals surface area contributed by atoms with Crippen molar-refractivity contribution in [3.05, 3.63) is 30.6 Å². The van der Waals surface area contributed by atoms with Gasteiger partial charge < -0.3 is 10.2 Å². The molecule has 2 heterocycles. The largest absolute Gasteiger partial charge is 0.433 e. The molecule has 0 spiro atoms. The summed E-state index contributed by atoms with van der Waals surface area (Å²) < 4.78 is 38.0. The number of anilines is 1. The van der Waals surface area contributed by atoms with E-state index in [1.54, 1.807) is 0 Å². The highest BCUT2D eigenvalue weighted by molar-refractivity contribution is 5.85. The number of amides is 1. The van der Waals surface area contributed by atoms with Crippen molar-refractivity contribution in [1.82, 2.24) is 15.3 Å². The van der Waals surface area contributed by atoms with Gasteiger partial charge in [-0.05, 0) is 18.9 Å². The molecule has 1 fully saturated rings. The Hall–Kier alpha value is -2.12. The second-order valence-electron chi connectivity index (χ2n) is 4.62. The lowest BCUT2D eigenvalue weighted by atomic mass is 10.2. The first-order valence-electron chi connectivity index (χ1n) is 6.49. The van der Waals surface area contributed by atoms with E-state index in [1.165, 1.54) is 11.0 Å². The van der Waals surface area contributed by atoms with E-state index in [4.69, 9.17) is 0 Å². The van der Waals surface area contributed by atoms with Gasteiger partial charge in [-0.2, -0.15) is 13.2 Å². The molecule has 1 aromatic rings. The summed E-state index contributed by atoms with van der Waals surface area (Å²) in [6.07, 6.45) is -0.674. The van der Waals surface area contributed by atoms with E-state index in [1.807, 2.05) is 0 Å². The van der Waals surface area contributed by atoms with Crippen LogP contribution in [0.15, 0.2) is 24.9 Å². The van der Waals surface area contributed by atoms with Gasteiger partial charge in [0.1, 0.15) is 11.7 Å². The predicted molar refractivity (Wildman–Crippen MR) is 70.6 cm³/mol. The summed E-state index contributed by atoms with van der Waals surface area (Å²) in [7, 11) is 0. The number of hydrogen-bond acceptors (Lipinski definition) is 4. The molecule has 0 unspecified atom stereocenters. The second kappa shape index (κ2) is 6.11. The van der Waals surface area contributed by atoms with Crippen molar-refractivity contribution < 1.29 is 18.0 Å². The molecule has 1 atom stereocenters. The van der Waals surface area contributed by atoms with Gasteiger partial charge in [-0.3, -0.25) is 4.79 Å². The van der Waals surface area contributed by atoms with Crippen LogP contribution in [0.2, 0.25) is 0 Å². The number of carbonyl (C=O) groups excluding carboxylic acids is 1. The maximum Gasteiger partial charge on any atom is 0.433 e. The molecule has 1 amide bonds. The summed E-state index contributed by atoms with van der Waals surface area (Å²) in [6.45, 7) is 4.26. The van der Waals surface area contributed by atoms with Crippen molar-refractivity contribution >= 4 is 11.9 Å². The topological polar surface area (TPSA) is 58.1 Å². The van der Waals surface area contributed by atoms with Crippen LogP contribution >= 0.6 is 0 Å². The number of nitrogens with one attached hydrogen (secondary N) is 1. The van der Waals surface area contributed by atoms with Crippen molar-refractivity contribution in [1.29, 1.82) is 0 Å². The summed E-state index contributed by atoms with van der Waals surface area (Å²) in [5.41, 5.74) is -1.01. The maximum atomic E-state index is 12.7. The monoisotopic (exact) mass is 300 g/mol. The van der Waals surface area contributed by atoms with Crippen molar-refractivity contribution in [2.24, 2.45) is 0 Å². The third kappa shape index (κ3) is 3.50. The average molecular weight is 300 g/mol. The molecule has 1 saturated heterocycles. The standard InChI is InChI=1S/C13H15F3N4O/c1-2-6-17-11(21)9-4-3-8-20(9)12-18-7-5-10(19-12)13(14,15)16/h2,5,7,9H,1,3-4,6,8H2,(H,17,21)/t9-/m0/s1. The summed E-state index contributed by atoms with van der Waals surface area (Å²) in [6, 6.07) is 0.264. The van der Waals surface area contributed by atoms with E-state index in [-0.39, 0.29) is 11.9 Å². The zero-order valence-corrected chi connectivity index (χ0v) is 11.2. The minimum absolute atomic E-state index is 0.0684. The Bertz CT molecular complexity index is 532. The molecule has 21 heavy (non-hydrogen) atoms. The molecule has 0 radical (unpaired) electrons. The first kappa shape index (κ1) is 15.3. The molecule has 2 rings (SSSR count). The molecule has 0 aliphatic carbocycles. The fourth-order valence-electron chi connectivity index (χ4n) is 2.21. The Morgan fingerprint density at radius 1 is 1.57 bits per heavy atom. The summed E-state index contributed by atoms with van der Waals surface area (Å²) in [4.78, 5) is 20.9. The van der Waals surface area contributed by atoms with E-state index in [9.17, 15) is 18.0 Å². The normalized spacial score (nSPS) is 18.6. The summed E-state index contributed by atoms with van der Waals surface area (Å²) >= 11 is 0. The number of halogens is 3. The Labute approximate surface area is 119 Å². The second-order valence-corrected chi connectivity index (χ2v) is 4.62. The molecule has 1 aliphatic rings. The molecule has 0 bridgehead atoms. The zero-order chi connectivity index (χ0) is 15.5. The van der Waals surface area contributed by atoms with Crippen LogP contribution < -0.4 is 10.2 Å². The molecule has 114 valence electrons. The van der Waals surface area contributed by atoms with Gasteiger partial charge in [0.05, 0.1) is 0 Å². The van der Waals surface area contributed by atoms with Crippen LogP contribution in [0.4, 0.5) is 19.1 Å². The molecular formula is C13H15F3N4O. The van der Waals surface area contributed by atoms with Crippen LogP contribution in [0.3, 0.4) is 0 Å². The van der Waals surface area contributed by atoms with Gasteiger partial charge in [0.15, 0.2) is 0 Å². The van der Waals surface area contributed by atoms with Crippen LogP contribution in [0, 0.1) is 0 Å². The van der Waals surface area contributed by atoms with Gasteiger partial charge in [0.2, 0.25) is 11.9 Å². The Morgan fingerprint density at radius 2 is 2.33 bits per heavy atom. The van der Waals surface area contributed by atoms with Crippen molar-refractivity contribution in [2.75, 3.05) is 18.0 Å². The fourth-order valence-corrected chi connectivity index (χ4v) is 2.21. The number of hydrogen-bond donors (Lipinski definition) is 1. The Kier molecular flexibility index (Phi) is 4.44. The summed E-state index contributed by atoms with van der Waals surface area (Å²) in [5, 5.41) is 2.64. The highest BCUT2D eigenvalue weighted by Crippen LogP contribution is 2.29. The third-order valence-electron chi connectivity index (χ3n) is 3.17. The SMILES string of the molecule is C=CCNC(=O)[C@@H]1CCCN1c1nccc(C(F)(F)F)n1. The van der Waals surface area contributed by atoms with Gasteiger partial charge in [-0.25, -0.2) is 9.97 Å². The quantitative estimate of drug-likeness (QED) is 0.861. The van der Waals surface area contributed by atoms with Crippen LogP contribution in [0.1, 0.15) is 18.5 Å². The third-order valence-corrected chi connectivity index (χ3v) is 3.17. The van der Waals surface area contributed by atoms with Crippen molar-refractivity contribution in [3.8, 4) is 0 Å². The molecule has 0 saturated carbocycles. The van der Waals surface area contributed by atoms with E-state index in [0.29, 0.717) is 25.9 Å². The highest BCUT2D eigenvalue weighted by Gasteiger charge is 2.36. The average Bonchev–Trinajstić information content (AvgIpc) is 2.93. The lowest BCUT2D eigenvalue weighted by Crippen LogP contribution is -2.44. The molecule has 8 heteroatoms. The first-order chi connectivity index (χ1) is 9.93. The molecular weight excluding hydrogens is 285 g/mol. The number of aromatic nitrogens is 2. The molecule has 5 nitrogen and oxygen atoms in total. The molecule has 0 aromatic carbocycles. The lowest BCUT2D eigenvalue weighted by Gasteiger charge is -2.24. The van der Waals surface area contributed by atoms with Gasteiger partial charge >= 0.3 is 6.18 Å². The number of alkyl halides is 3. The van der Waals surface area contributed by atoms with Gasteiger partial charge in [-0.1, -0.05) is 6.08 Å². The Balaban J connectivity index is 2.20. The van der Waals surface area contributed by atoms with Gasteiger partial charge in [0, 0.05) is 19.3 Å². The fraction of sp³-hybridized carbons (Fsp3) is 0.462. The van der Waals surface area contributed by atoms with Crippen molar-refractivity contribution in [3.63, 3.8) is 0 Å². The summed E-state index contributed by atoms with van der Waals surface area (Å²) in [5.74, 6) is -0.325. The molecule has 1 aromatic heterocycles. The van der Waals surface area contributed by atoms with Crippen LogP contribution in [-0.4, -0.2) is 35.0 Å². The Morgan fingerprint density at radius 3 is 3.00 bits per heavy atom. The van der Waals surface area contributed by atoms with Crippen LogP contribution in [0.25, 0.3) is 0 Å². The molecule has 1 N–H and O–H groups in total. The van der Waals surface area contributed by atoms with Gasteiger partial charge in [-0.15, -0.1) is 6.58 Å². The predicted octanol–water partition coefficient (Wildman–Crippen LogP) is 1.77. The number of rotatable bonds is 4. The first-order valence-corrected chi connectivity index (χ1v) is 6.49. The minimum Gasteiger partial charge on any atom is -0.351 e. The van der Waals surface area contributed by atoms with Crippen LogP contribution in [0.5, 0.6) is 0 Å². The van der Waals surface area contributed by atoms with E-state index in [0.717, 1.165) is 12.3 Å². The molecule has 1 aliphatic heterocycles. The smallest absolute Gasteiger partial charge is 0.351 e. The van der Waals surface area contributed by atoms with E-state index >= 15 is 0 Å².